The first-order valence-corrected chi connectivity index (χ1v) is 9.70. The summed E-state index contributed by atoms with van der Waals surface area (Å²) in [5.74, 6) is 0.290. The van der Waals surface area contributed by atoms with Crippen LogP contribution in [0, 0.1) is 13.8 Å². The number of hydrogen-bond donors (Lipinski definition) is 1. The number of carbonyl (C=O) groups is 1. The third kappa shape index (κ3) is 4.51. The van der Waals surface area contributed by atoms with Gasteiger partial charge in [0, 0.05) is 13.1 Å². The van der Waals surface area contributed by atoms with Gasteiger partial charge in [0.2, 0.25) is 5.91 Å². The molecule has 0 aliphatic carbocycles. The van der Waals surface area contributed by atoms with Gasteiger partial charge in [0.25, 0.3) is 10.0 Å². The van der Waals surface area contributed by atoms with Crippen molar-refractivity contribution in [1.82, 2.24) is 5.32 Å². The van der Waals surface area contributed by atoms with Crippen molar-refractivity contribution < 1.29 is 22.7 Å². The zero-order valence-corrected chi connectivity index (χ0v) is 16.9. The number of anilines is 1. The number of methoxy groups -OCH3 is 2. The first-order chi connectivity index (χ1) is 12.7. The summed E-state index contributed by atoms with van der Waals surface area (Å²) in [4.78, 5) is 12.0. The molecule has 2 aromatic carbocycles. The molecule has 0 spiro atoms. The van der Waals surface area contributed by atoms with Gasteiger partial charge in [-0.1, -0.05) is 6.07 Å². The van der Waals surface area contributed by atoms with Crippen LogP contribution in [0.3, 0.4) is 0 Å². The highest BCUT2D eigenvalue weighted by molar-refractivity contribution is 7.92. The molecule has 0 saturated heterocycles. The number of rotatable bonds is 7. The Morgan fingerprint density at radius 1 is 1.00 bits per heavy atom. The van der Waals surface area contributed by atoms with Gasteiger partial charge < -0.3 is 14.8 Å². The molecule has 7 nitrogen and oxygen atoms in total. The van der Waals surface area contributed by atoms with Crippen molar-refractivity contribution in [3.63, 3.8) is 0 Å². The monoisotopic (exact) mass is 392 g/mol. The summed E-state index contributed by atoms with van der Waals surface area (Å²) in [6.07, 6.45) is 0. The molecular weight excluding hydrogens is 368 g/mol. The summed E-state index contributed by atoms with van der Waals surface area (Å²) in [5.41, 5.74) is 2.22. The van der Waals surface area contributed by atoms with Gasteiger partial charge in [0.15, 0.2) is 11.5 Å². The van der Waals surface area contributed by atoms with Gasteiger partial charge >= 0.3 is 0 Å². The number of benzene rings is 2. The minimum atomic E-state index is -4.01. The van der Waals surface area contributed by atoms with Gasteiger partial charge in [-0.15, -0.1) is 0 Å². The van der Waals surface area contributed by atoms with E-state index in [1.54, 1.807) is 12.1 Å². The average Bonchev–Trinajstić information content (AvgIpc) is 2.64. The Balaban J connectivity index is 2.61. The van der Waals surface area contributed by atoms with Gasteiger partial charge in [-0.05, 0) is 49.2 Å². The number of aryl methyl sites for hydroxylation is 2. The second-order valence-corrected chi connectivity index (χ2v) is 7.91. The maximum Gasteiger partial charge on any atom is 0.264 e. The maximum atomic E-state index is 13.3. The highest BCUT2D eigenvalue weighted by atomic mass is 32.2. The summed E-state index contributed by atoms with van der Waals surface area (Å²) in [5, 5.41) is 2.47. The van der Waals surface area contributed by atoms with Crippen molar-refractivity contribution >= 4 is 21.6 Å². The van der Waals surface area contributed by atoms with E-state index in [9.17, 15) is 13.2 Å². The van der Waals surface area contributed by atoms with Crippen molar-refractivity contribution in [2.45, 2.75) is 18.7 Å². The maximum absolute atomic E-state index is 13.3. The summed E-state index contributed by atoms with van der Waals surface area (Å²) in [6.45, 7) is 3.41. The fraction of sp³-hybridized carbons (Fsp3) is 0.316. The molecule has 8 heteroatoms. The predicted octanol–water partition coefficient (Wildman–Crippen LogP) is 2.26. The zero-order valence-electron chi connectivity index (χ0n) is 16.1. The molecule has 1 amide bonds. The SMILES string of the molecule is CNC(=O)CN(c1cc(C)cc(C)c1)S(=O)(=O)c1ccc(OC)c(OC)c1. The lowest BCUT2D eigenvalue weighted by atomic mass is 10.1. The largest absolute Gasteiger partial charge is 0.493 e. The molecular formula is C19H24N2O5S. The molecule has 27 heavy (non-hydrogen) atoms. The molecule has 146 valence electrons. The van der Waals surface area contributed by atoms with Crippen LogP contribution in [0.1, 0.15) is 11.1 Å². The summed E-state index contributed by atoms with van der Waals surface area (Å²) in [6, 6.07) is 9.72. The molecule has 2 aromatic rings. The van der Waals surface area contributed by atoms with Gasteiger partial charge in [-0.2, -0.15) is 0 Å². The normalized spacial score (nSPS) is 11.0. The number of nitrogens with one attached hydrogen (secondary N) is 1. The van der Waals surface area contributed by atoms with Gasteiger partial charge in [0.05, 0.1) is 24.8 Å². The molecule has 0 unspecified atom stereocenters. The quantitative estimate of drug-likeness (QED) is 0.781. The van der Waals surface area contributed by atoms with Crippen molar-refractivity contribution in [2.24, 2.45) is 0 Å². The average molecular weight is 392 g/mol. The van der Waals surface area contributed by atoms with Crippen LogP contribution >= 0.6 is 0 Å². The Labute approximate surface area is 160 Å². The lowest BCUT2D eigenvalue weighted by Crippen LogP contribution is -2.39. The van der Waals surface area contributed by atoms with Crippen molar-refractivity contribution in [1.29, 1.82) is 0 Å². The number of hydrogen-bond acceptors (Lipinski definition) is 5. The van der Waals surface area contributed by atoms with E-state index >= 15 is 0 Å². The van der Waals surface area contributed by atoms with E-state index in [1.807, 2.05) is 19.9 Å². The van der Waals surface area contributed by atoms with Crippen LogP contribution in [0.4, 0.5) is 5.69 Å². The van der Waals surface area contributed by atoms with E-state index < -0.39 is 15.9 Å². The van der Waals surface area contributed by atoms with Gasteiger partial charge in [0.1, 0.15) is 6.54 Å². The molecule has 0 aliphatic heterocycles. The van der Waals surface area contributed by atoms with E-state index in [0.29, 0.717) is 17.2 Å². The molecule has 0 bridgehead atoms. The van der Waals surface area contributed by atoms with E-state index in [1.165, 1.54) is 39.5 Å². The lowest BCUT2D eigenvalue weighted by Gasteiger charge is -2.25. The number of carbonyl (C=O) groups excluding carboxylic acids is 1. The summed E-state index contributed by atoms with van der Waals surface area (Å²) >= 11 is 0. The Hall–Kier alpha value is -2.74. The molecule has 0 aliphatic rings. The van der Waals surface area contributed by atoms with Crippen LogP contribution in [0.15, 0.2) is 41.3 Å². The highest BCUT2D eigenvalue weighted by Gasteiger charge is 2.28. The summed E-state index contributed by atoms with van der Waals surface area (Å²) < 4.78 is 38.1. The van der Waals surface area contributed by atoms with Crippen molar-refractivity contribution in [3.8, 4) is 11.5 Å². The second kappa shape index (κ2) is 8.30. The molecule has 0 heterocycles. The number of nitrogens with zero attached hydrogens (tertiary/aromatic N) is 1. The number of likely N-dealkylation sites (N-methyl/N-ethyl adjacent to an activating group) is 1. The fourth-order valence-corrected chi connectivity index (χ4v) is 4.14. The Kier molecular flexibility index (Phi) is 6.32. The molecule has 0 aromatic heterocycles. The molecule has 2 rings (SSSR count). The standard InChI is InChI=1S/C19H24N2O5S/c1-13-8-14(2)10-15(9-13)21(12-19(22)20-3)27(23,24)16-6-7-17(25-4)18(11-16)26-5/h6-11H,12H2,1-5H3,(H,20,22). The van der Waals surface area contributed by atoms with Crippen LogP contribution in [0.25, 0.3) is 0 Å². The molecule has 0 saturated carbocycles. The summed E-state index contributed by atoms with van der Waals surface area (Å²) in [7, 11) is 0.353. The predicted molar refractivity (Wildman–Crippen MR) is 104 cm³/mol. The van der Waals surface area contributed by atoms with Crippen LogP contribution in [-0.4, -0.2) is 42.1 Å². The van der Waals surface area contributed by atoms with E-state index in [4.69, 9.17) is 9.47 Å². The Morgan fingerprint density at radius 3 is 2.11 bits per heavy atom. The molecule has 0 radical (unpaired) electrons. The topological polar surface area (TPSA) is 84.9 Å². The third-order valence-corrected chi connectivity index (χ3v) is 5.77. The van der Waals surface area contributed by atoms with Crippen LogP contribution < -0.4 is 19.1 Å². The number of amides is 1. The van der Waals surface area contributed by atoms with E-state index in [2.05, 4.69) is 5.32 Å². The number of ether oxygens (including phenoxy) is 2. The van der Waals surface area contributed by atoms with E-state index in [-0.39, 0.29) is 11.4 Å². The first-order valence-electron chi connectivity index (χ1n) is 8.26. The van der Waals surface area contributed by atoms with Crippen molar-refractivity contribution in [3.05, 3.63) is 47.5 Å². The highest BCUT2D eigenvalue weighted by Crippen LogP contribution is 2.32. The fourth-order valence-electron chi connectivity index (χ4n) is 2.72. The van der Waals surface area contributed by atoms with E-state index in [0.717, 1.165) is 15.4 Å². The number of sulfonamides is 1. The molecule has 0 fully saturated rings. The minimum absolute atomic E-state index is 0.00297. The van der Waals surface area contributed by atoms with Crippen molar-refractivity contribution in [2.75, 3.05) is 32.1 Å². The minimum Gasteiger partial charge on any atom is -0.493 e. The smallest absolute Gasteiger partial charge is 0.264 e. The van der Waals surface area contributed by atoms with Crippen LogP contribution in [0.5, 0.6) is 11.5 Å². The van der Waals surface area contributed by atoms with Crippen LogP contribution in [-0.2, 0) is 14.8 Å². The Morgan fingerprint density at radius 2 is 1.59 bits per heavy atom. The molecule has 0 atom stereocenters. The Bertz CT molecular complexity index is 921. The van der Waals surface area contributed by atoms with Gasteiger partial charge in [-0.25, -0.2) is 8.42 Å². The third-order valence-electron chi connectivity index (χ3n) is 4.00. The first kappa shape index (κ1) is 20.6. The molecule has 1 N–H and O–H groups in total. The second-order valence-electron chi connectivity index (χ2n) is 6.05. The van der Waals surface area contributed by atoms with Crippen LogP contribution in [0.2, 0.25) is 0 Å². The lowest BCUT2D eigenvalue weighted by molar-refractivity contribution is -0.119. The van der Waals surface area contributed by atoms with Gasteiger partial charge in [-0.3, -0.25) is 9.10 Å². The zero-order chi connectivity index (χ0) is 20.2.